The Kier molecular flexibility index (Phi) is 5.71. The van der Waals surface area contributed by atoms with Crippen molar-refractivity contribution < 1.29 is 0 Å². The smallest absolute Gasteiger partial charge is 0.0618 e. The monoisotopic (exact) mass is 305 g/mol. The van der Waals surface area contributed by atoms with E-state index in [4.69, 9.17) is 23.1 Å². The van der Waals surface area contributed by atoms with E-state index in [2.05, 4.69) is 11.6 Å². The fourth-order valence-electron chi connectivity index (χ4n) is 2.59. The van der Waals surface area contributed by atoms with Gasteiger partial charge in [0.2, 0.25) is 0 Å². The number of fused-ring (bicyclic) bond motifs is 1. The largest absolute Gasteiger partial charge is 0.398 e. The first-order valence-electron chi connectivity index (χ1n) is 7.55. The Balaban J connectivity index is 0.000000173. The number of nitrogens with two attached hydrogens (primary N) is 2. The van der Waals surface area contributed by atoms with Crippen LogP contribution in [0.2, 0.25) is 5.02 Å². The predicted molar refractivity (Wildman–Crippen MR) is 92.2 cm³/mol. The van der Waals surface area contributed by atoms with Crippen LogP contribution in [0.1, 0.15) is 44.2 Å². The zero-order chi connectivity index (χ0) is 15.2. The first kappa shape index (κ1) is 15.9. The second-order valence-electron chi connectivity index (χ2n) is 5.69. The number of H-pyrrole nitrogens is 1. The summed E-state index contributed by atoms with van der Waals surface area (Å²) in [4.78, 5) is 3.14. The van der Waals surface area contributed by atoms with Gasteiger partial charge < -0.3 is 16.5 Å². The molecular formula is C17H24ClN3. The zero-order valence-corrected chi connectivity index (χ0v) is 13.1. The van der Waals surface area contributed by atoms with E-state index in [1.54, 1.807) is 0 Å². The number of aromatic nitrogens is 1. The van der Waals surface area contributed by atoms with Gasteiger partial charge in [0.05, 0.1) is 5.69 Å². The molecule has 3 rings (SSSR count). The molecule has 2 aromatic rings. The number of nitrogens with one attached hydrogen (secondary N) is 1. The number of halogens is 1. The third-order valence-corrected chi connectivity index (χ3v) is 4.06. The minimum Gasteiger partial charge on any atom is -0.398 e. The molecule has 3 nitrogen and oxygen atoms in total. The number of hydrogen-bond donors (Lipinski definition) is 3. The lowest BCUT2D eigenvalue weighted by atomic mass is 10.1. The van der Waals surface area contributed by atoms with Crippen LogP contribution < -0.4 is 11.5 Å². The zero-order valence-electron chi connectivity index (χ0n) is 12.4. The molecule has 1 saturated carbocycles. The molecule has 0 amide bonds. The second-order valence-corrected chi connectivity index (χ2v) is 6.13. The summed E-state index contributed by atoms with van der Waals surface area (Å²) in [6, 6.07) is 8.11. The average Bonchev–Trinajstić information content (AvgIpc) is 2.72. The Labute approximate surface area is 131 Å². The third-order valence-electron chi connectivity index (χ3n) is 3.83. The fourth-order valence-corrected chi connectivity index (χ4v) is 2.77. The van der Waals surface area contributed by atoms with Crippen LogP contribution in [-0.2, 0) is 0 Å². The fraction of sp³-hybridized carbons (Fsp3) is 0.412. The van der Waals surface area contributed by atoms with Crippen molar-refractivity contribution in [1.29, 1.82) is 0 Å². The second kappa shape index (κ2) is 7.53. The van der Waals surface area contributed by atoms with E-state index in [1.165, 1.54) is 38.5 Å². The maximum Gasteiger partial charge on any atom is 0.0618 e. The quantitative estimate of drug-likeness (QED) is 0.683. The first-order valence-corrected chi connectivity index (χ1v) is 7.92. The highest BCUT2D eigenvalue weighted by Crippen LogP contribution is 2.21. The normalized spacial score (nSPS) is 16.1. The molecule has 1 fully saturated rings. The van der Waals surface area contributed by atoms with Crippen molar-refractivity contribution in [3.63, 3.8) is 0 Å². The van der Waals surface area contributed by atoms with Crippen molar-refractivity contribution in [2.24, 2.45) is 11.5 Å². The van der Waals surface area contributed by atoms with Gasteiger partial charge in [0, 0.05) is 27.7 Å². The van der Waals surface area contributed by atoms with Gasteiger partial charge in [0.1, 0.15) is 0 Å². The van der Waals surface area contributed by atoms with Crippen LogP contribution in [0.4, 0.5) is 0 Å². The molecule has 114 valence electrons. The SMILES string of the molecule is C=C(N)c1cc2cc(Cl)ccc2[nH]1.NC1CCCCCC1. The van der Waals surface area contributed by atoms with Crippen molar-refractivity contribution in [1.82, 2.24) is 4.98 Å². The summed E-state index contributed by atoms with van der Waals surface area (Å²) >= 11 is 5.84. The minimum absolute atomic E-state index is 0.525. The average molecular weight is 306 g/mol. The molecule has 0 saturated heterocycles. The van der Waals surface area contributed by atoms with Crippen molar-refractivity contribution in [2.45, 2.75) is 44.6 Å². The van der Waals surface area contributed by atoms with Crippen molar-refractivity contribution >= 4 is 28.2 Å². The van der Waals surface area contributed by atoms with Crippen LogP contribution in [-0.4, -0.2) is 11.0 Å². The van der Waals surface area contributed by atoms with E-state index < -0.39 is 0 Å². The van der Waals surface area contributed by atoms with E-state index >= 15 is 0 Å². The Bertz CT molecular complexity index is 595. The summed E-state index contributed by atoms with van der Waals surface area (Å²) in [5.74, 6) is 0. The lowest BCUT2D eigenvalue weighted by Gasteiger charge is -2.03. The summed E-state index contributed by atoms with van der Waals surface area (Å²) in [5, 5.41) is 1.77. The predicted octanol–water partition coefficient (Wildman–Crippen LogP) is 4.42. The van der Waals surface area contributed by atoms with Gasteiger partial charge in [-0.15, -0.1) is 0 Å². The van der Waals surface area contributed by atoms with E-state index in [9.17, 15) is 0 Å². The van der Waals surface area contributed by atoms with Crippen molar-refractivity contribution in [2.75, 3.05) is 0 Å². The standard InChI is InChI=1S/C10H9ClN2.C7H15N/c1-6(12)10-5-7-4-8(11)2-3-9(7)13-10;8-7-5-3-1-2-4-6-7/h2-5,13H,1,12H2;7H,1-6,8H2. The van der Waals surface area contributed by atoms with Crippen LogP contribution in [0.15, 0.2) is 30.8 Å². The Morgan fingerprint density at radius 2 is 1.81 bits per heavy atom. The molecule has 0 bridgehead atoms. The van der Waals surface area contributed by atoms with Crippen LogP contribution in [0.5, 0.6) is 0 Å². The van der Waals surface area contributed by atoms with Crippen molar-refractivity contribution in [3.05, 3.63) is 41.6 Å². The molecule has 0 radical (unpaired) electrons. The molecule has 1 aliphatic carbocycles. The summed E-state index contributed by atoms with van der Waals surface area (Å²) in [6.45, 7) is 3.66. The van der Waals surface area contributed by atoms with Crippen LogP contribution in [0, 0.1) is 0 Å². The molecule has 1 aromatic heterocycles. The van der Waals surface area contributed by atoms with Gasteiger partial charge in [0.15, 0.2) is 0 Å². The Morgan fingerprint density at radius 1 is 1.14 bits per heavy atom. The highest BCUT2D eigenvalue weighted by molar-refractivity contribution is 6.31. The van der Waals surface area contributed by atoms with Gasteiger partial charge in [-0.2, -0.15) is 0 Å². The lowest BCUT2D eigenvalue weighted by molar-refractivity contribution is 0.583. The van der Waals surface area contributed by atoms with E-state index in [-0.39, 0.29) is 0 Å². The van der Waals surface area contributed by atoms with Gasteiger partial charge in [-0.05, 0) is 37.1 Å². The first-order chi connectivity index (χ1) is 10.1. The molecule has 21 heavy (non-hydrogen) atoms. The van der Waals surface area contributed by atoms with E-state index in [0.29, 0.717) is 11.7 Å². The summed E-state index contributed by atoms with van der Waals surface area (Å²) in [7, 11) is 0. The van der Waals surface area contributed by atoms with Crippen LogP contribution in [0.25, 0.3) is 16.6 Å². The Morgan fingerprint density at radius 3 is 2.43 bits per heavy atom. The highest BCUT2D eigenvalue weighted by Gasteiger charge is 2.05. The van der Waals surface area contributed by atoms with Gasteiger partial charge in [0.25, 0.3) is 0 Å². The lowest BCUT2D eigenvalue weighted by Crippen LogP contribution is -2.17. The molecular weight excluding hydrogens is 282 g/mol. The maximum atomic E-state index is 5.84. The molecule has 1 aromatic carbocycles. The molecule has 0 aliphatic heterocycles. The molecule has 0 unspecified atom stereocenters. The van der Waals surface area contributed by atoms with Gasteiger partial charge in [-0.1, -0.05) is 43.9 Å². The molecule has 0 spiro atoms. The molecule has 1 aliphatic rings. The van der Waals surface area contributed by atoms with Crippen LogP contribution in [0.3, 0.4) is 0 Å². The number of benzene rings is 1. The summed E-state index contributed by atoms with van der Waals surface area (Å²) in [5.41, 5.74) is 13.7. The van der Waals surface area contributed by atoms with Crippen LogP contribution >= 0.6 is 11.6 Å². The highest BCUT2D eigenvalue weighted by atomic mass is 35.5. The van der Waals surface area contributed by atoms with E-state index in [1.807, 2.05) is 24.3 Å². The van der Waals surface area contributed by atoms with Gasteiger partial charge >= 0.3 is 0 Å². The molecule has 1 heterocycles. The molecule has 4 heteroatoms. The van der Waals surface area contributed by atoms with Gasteiger partial charge in [-0.25, -0.2) is 0 Å². The topological polar surface area (TPSA) is 67.8 Å². The maximum absolute atomic E-state index is 5.84. The minimum atomic E-state index is 0.525. The summed E-state index contributed by atoms with van der Waals surface area (Å²) < 4.78 is 0. The third kappa shape index (κ3) is 4.80. The molecule has 0 atom stereocenters. The van der Waals surface area contributed by atoms with Gasteiger partial charge in [-0.3, -0.25) is 0 Å². The number of hydrogen-bond acceptors (Lipinski definition) is 2. The number of aromatic amines is 1. The van der Waals surface area contributed by atoms with E-state index in [0.717, 1.165) is 21.6 Å². The summed E-state index contributed by atoms with van der Waals surface area (Å²) in [6.07, 6.45) is 8.07. The van der Waals surface area contributed by atoms with Crippen molar-refractivity contribution in [3.8, 4) is 0 Å². The molecule has 5 N–H and O–H groups in total. The Hall–Kier alpha value is -1.45. The number of rotatable bonds is 1.